The Morgan fingerprint density at radius 1 is 1.05 bits per heavy atom. The Balaban J connectivity index is 2.16. The standard InChI is InChI=1S/C17H16O2/c18-17(19)11-16-14-8-4-7-13(14)9-10-15(16)12-5-2-1-3-6-12/h1-3,5-6,9-10H,4,7-8,11H2,(H,18,19). The van der Waals surface area contributed by atoms with Gasteiger partial charge in [-0.2, -0.15) is 0 Å². The highest BCUT2D eigenvalue weighted by atomic mass is 16.4. The van der Waals surface area contributed by atoms with Crippen LogP contribution in [0.25, 0.3) is 11.1 Å². The minimum absolute atomic E-state index is 0.118. The molecule has 0 saturated carbocycles. The molecule has 0 amide bonds. The topological polar surface area (TPSA) is 37.3 Å². The van der Waals surface area contributed by atoms with Crippen LogP contribution in [0.2, 0.25) is 0 Å². The Morgan fingerprint density at radius 2 is 1.84 bits per heavy atom. The van der Waals surface area contributed by atoms with E-state index in [1.165, 1.54) is 11.1 Å². The SMILES string of the molecule is O=C(O)Cc1c(-c2ccccc2)ccc2c1CCC2. The van der Waals surface area contributed by atoms with E-state index < -0.39 is 5.97 Å². The minimum atomic E-state index is -0.752. The summed E-state index contributed by atoms with van der Waals surface area (Å²) in [5, 5.41) is 9.17. The fourth-order valence-electron chi connectivity index (χ4n) is 2.98. The van der Waals surface area contributed by atoms with Crippen LogP contribution in [0.1, 0.15) is 23.1 Å². The van der Waals surface area contributed by atoms with Crippen molar-refractivity contribution in [3.63, 3.8) is 0 Å². The van der Waals surface area contributed by atoms with Crippen LogP contribution in [-0.2, 0) is 24.1 Å². The molecule has 2 nitrogen and oxygen atoms in total. The van der Waals surface area contributed by atoms with E-state index in [1.54, 1.807) is 0 Å². The lowest BCUT2D eigenvalue weighted by Gasteiger charge is -2.13. The second kappa shape index (κ2) is 4.88. The van der Waals surface area contributed by atoms with Gasteiger partial charge < -0.3 is 5.11 Å². The zero-order valence-corrected chi connectivity index (χ0v) is 10.7. The first-order valence-corrected chi connectivity index (χ1v) is 6.66. The van der Waals surface area contributed by atoms with Crippen molar-refractivity contribution in [1.29, 1.82) is 0 Å². The third-order valence-electron chi connectivity index (χ3n) is 3.81. The molecule has 3 rings (SSSR count). The molecule has 2 aromatic carbocycles. The average molecular weight is 252 g/mol. The number of aryl methyl sites for hydroxylation is 1. The van der Waals surface area contributed by atoms with Gasteiger partial charge in [0.1, 0.15) is 0 Å². The summed E-state index contributed by atoms with van der Waals surface area (Å²) in [6.45, 7) is 0. The summed E-state index contributed by atoms with van der Waals surface area (Å²) in [6.07, 6.45) is 3.35. The highest BCUT2D eigenvalue weighted by Crippen LogP contribution is 2.33. The highest BCUT2D eigenvalue weighted by Gasteiger charge is 2.20. The second-order valence-electron chi connectivity index (χ2n) is 5.02. The lowest BCUT2D eigenvalue weighted by atomic mass is 9.91. The number of carboxylic acids is 1. The van der Waals surface area contributed by atoms with Crippen molar-refractivity contribution in [3.05, 3.63) is 59.2 Å². The summed E-state index contributed by atoms with van der Waals surface area (Å²) >= 11 is 0. The van der Waals surface area contributed by atoms with Gasteiger partial charge in [0, 0.05) is 0 Å². The van der Waals surface area contributed by atoms with Gasteiger partial charge in [0.15, 0.2) is 0 Å². The molecule has 1 aliphatic carbocycles. The van der Waals surface area contributed by atoms with Crippen molar-refractivity contribution >= 4 is 5.97 Å². The number of hydrogen-bond donors (Lipinski definition) is 1. The molecule has 96 valence electrons. The second-order valence-corrected chi connectivity index (χ2v) is 5.02. The largest absolute Gasteiger partial charge is 0.481 e. The van der Waals surface area contributed by atoms with Gasteiger partial charge in [0.05, 0.1) is 6.42 Å². The van der Waals surface area contributed by atoms with Gasteiger partial charge in [-0.1, -0.05) is 42.5 Å². The molecule has 0 unspecified atom stereocenters. The van der Waals surface area contributed by atoms with Crippen LogP contribution in [0.15, 0.2) is 42.5 Å². The van der Waals surface area contributed by atoms with E-state index in [-0.39, 0.29) is 6.42 Å². The summed E-state index contributed by atoms with van der Waals surface area (Å²) in [5.74, 6) is -0.752. The molecular weight excluding hydrogens is 236 g/mol. The van der Waals surface area contributed by atoms with Gasteiger partial charge in [-0.25, -0.2) is 0 Å². The van der Waals surface area contributed by atoms with Crippen molar-refractivity contribution in [1.82, 2.24) is 0 Å². The molecule has 19 heavy (non-hydrogen) atoms. The van der Waals surface area contributed by atoms with E-state index in [2.05, 4.69) is 12.1 Å². The number of aliphatic carboxylic acids is 1. The lowest BCUT2D eigenvalue weighted by Crippen LogP contribution is -2.05. The Bertz CT molecular complexity index is 615. The van der Waals surface area contributed by atoms with Gasteiger partial charge in [-0.3, -0.25) is 4.79 Å². The normalized spacial score (nSPS) is 13.3. The van der Waals surface area contributed by atoms with Crippen LogP contribution in [0.5, 0.6) is 0 Å². The quantitative estimate of drug-likeness (QED) is 0.908. The fraction of sp³-hybridized carbons (Fsp3) is 0.235. The molecule has 0 fully saturated rings. The predicted molar refractivity (Wildman–Crippen MR) is 75.2 cm³/mol. The first-order valence-electron chi connectivity index (χ1n) is 6.66. The maximum Gasteiger partial charge on any atom is 0.307 e. The van der Waals surface area contributed by atoms with Gasteiger partial charge in [-0.05, 0) is 47.1 Å². The smallest absolute Gasteiger partial charge is 0.307 e. The molecule has 2 heteroatoms. The molecule has 0 aromatic heterocycles. The molecule has 0 atom stereocenters. The molecule has 1 N–H and O–H groups in total. The Hall–Kier alpha value is -2.09. The third-order valence-corrected chi connectivity index (χ3v) is 3.81. The number of carboxylic acid groups (broad SMARTS) is 1. The zero-order valence-electron chi connectivity index (χ0n) is 10.7. The van der Waals surface area contributed by atoms with E-state index in [1.807, 2.05) is 30.3 Å². The number of hydrogen-bond acceptors (Lipinski definition) is 1. The van der Waals surface area contributed by atoms with Crippen molar-refractivity contribution in [2.45, 2.75) is 25.7 Å². The van der Waals surface area contributed by atoms with Crippen molar-refractivity contribution < 1.29 is 9.90 Å². The maximum atomic E-state index is 11.2. The van der Waals surface area contributed by atoms with E-state index >= 15 is 0 Å². The summed E-state index contributed by atoms with van der Waals surface area (Å²) in [7, 11) is 0. The van der Waals surface area contributed by atoms with Crippen molar-refractivity contribution in [2.24, 2.45) is 0 Å². The Labute approximate surface area is 112 Å². The van der Waals surface area contributed by atoms with Crippen LogP contribution in [0.4, 0.5) is 0 Å². The van der Waals surface area contributed by atoms with Crippen LogP contribution in [0.3, 0.4) is 0 Å². The van der Waals surface area contributed by atoms with Gasteiger partial charge in [0.2, 0.25) is 0 Å². The molecule has 2 aromatic rings. The van der Waals surface area contributed by atoms with E-state index in [0.717, 1.165) is 36.0 Å². The van der Waals surface area contributed by atoms with E-state index in [0.29, 0.717) is 0 Å². The predicted octanol–water partition coefficient (Wildman–Crippen LogP) is 3.47. The molecule has 0 radical (unpaired) electrons. The van der Waals surface area contributed by atoms with Crippen LogP contribution >= 0.6 is 0 Å². The number of carbonyl (C=O) groups is 1. The van der Waals surface area contributed by atoms with Crippen molar-refractivity contribution in [3.8, 4) is 11.1 Å². The molecule has 0 spiro atoms. The minimum Gasteiger partial charge on any atom is -0.481 e. The van der Waals surface area contributed by atoms with Crippen molar-refractivity contribution in [2.75, 3.05) is 0 Å². The van der Waals surface area contributed by atoms with Gasteiger partial charge in [0.25, 0.3) is 0 Å². The average Bonchev–Trinajstić information content (AvgIpc) is 2.88. The third kappa shape index (κ3) is 2.26. The monoisotopic (exact) mass is 252 g/mol. The van der Waals surface area contributed by atoms with E-state index in [4.69, 9.17) is 5.11 Å². The van der Waals surface area contributed by atoms with Gasteiger partial charge >= 0.3 is 5.97 Å². The fourth-order valence-corrected chi connectivity index (χ4v) is 2.98. The molecule has 0 saturated heterocycles. The van der Waals surface area contributed by atoms with Gasteiger partial charge in [-0.15, -0.1) is 0 Å². The van der Waals surface area contributed by atoms with Crippen LogP contribution in [-0.4, -0.2) is 11.1 Å². The summed E-state index contributed by atoms with van der Waals surface area (Å²) in [4.78, 5) is 11.2. The van der Waals surface area contributed by atoms with Crippen LogP contribution in [0, 0.1) is 0 Å². The summed E-state index contributed by atoms with van der Waals surface area (Å²) in [5.41, 5.74) is 5.78. The summed E-state index contributed by atoms with van der Waals surface area (Å²) in [6, 6.07) is 14.3. The molecule has 0 heterocycles. The molecule has 0 bridgehead atoms. The first kappa shape index (κ1) is 12.0. The molecule has 1 aliphatic rings. The van der Waals surface area contributed by atoms with Crippen LogP contribution < -0.4 is 0 Å². The number of benzene rings is 2. The molecule has 0 aliphatic heterocycles. The lowest BCUT2D eigenvalue weighted by molar-refractivity contribution is -0.136. The Kier molecular flexibility index (Phi) is 3.08. The molecular formula is C17H16O2. The Morgan fingerprint density at radius 3 is 2.58 bits per heavy atom. The highest BCUT2D eigenvalue weighted by molar-refractivity contribution is 5.78. The summed E-state index contributed by atoms with van der Waals surface area (Å²) < 4.78 is 0. The number of rotatable bonds is 3. The van der Waals surface area contributed by atoms with E-state index in [9.17, 15) is 4.79 Å². The first-order chi connectivity index (χ1) is 9.25. The number of fused-ring (bicyclic) bond motifs is 1. The maximum absolute atomic E-state index is 11.2. The zero-order chi connectivity index (χ0) is 13.2.